The van der Waals surface area contributed by atoms with Gasteiger partial charge in [0.25, 0.3) is 5.91 Å². The first-order valence-electron chi connectivity index (χ1n) is 5.89. The van der Waals surface area contributed by atoms with Gasteiger partial charge in [-0.2, -0.15) is 0 Å². The van der Waals surface area contributed by atoms with Gasteiger partial charge in [0.2, 0.25) is 0 Å². The van der Waals surface area contributed by atoms with Crippen molar-refractivity contribution in [2.24, 2.45) is 5.73 Å². The average Bonchev–Trinajstić information content (AvgIpc) is 2.37. The number of nitrogens with zero attached hydrogens (tertiary/aromatic N) is 1. The average molecular weight is 252 g/mol. The molecule has 0 aliphatic rings. The third kappa shape index (κ3) is 3.45. The van der Waals surface area contributed by atoms with Gasteiger partial charge in [-0.3, -0.25) is 4.79 Å². The third-order valence-corrected chi connectivity index (χ3v) is 2.72. The van der Waals surface area contributed by atoms with E-state index in [1.807, 2.05) is 13.0 Å². The lowest BCUT2D eigenvalue weighted by atomic mass is 10.1. The van der Waals surface area contributed by atoms with E-state index < -0.39 is 0 Å². The lowest BCUT2D eigenvalue weighted by Gasteiger charge is -2.22. The van der Waals surface area contributed by atoms with Crippen LogP contribution in [0.2, 0.25) is 0 Å². The van der Waals surface area contributed by atoms with Crippen molar-refractivity contribution >= 4 is 5.91 Å². The highest BCUT2D eigenvalue weighted by molar-refractivity contribution is 5.95. The monoisotopic (exact) mass is 252 g/mol. The van der Waals surface area contributed by atoms with Gasteiger partial charge in [0, 0.05) is 25.2 Å². The van der Waals surface area contributed by atoms with Crippen LogP contribution in [0.4, 0.5) is 0 Å². The summed E-state index contributed by atoms with van der Waals surface area (Å²) in [5.41, 5.74) is 6.92. The molecule has 1 aromatic carbocycles. The normalized spacial score (nSPS) is 10.2. The van der Waals surface area contributed by atoms with Gasteiger partial charge >= 0.3 is 0 Å². The number of benzene rings is 1. The van der Waals surface area contributed by atoms with Crippen molar-refractivity contribution in [2.45, 2.75) is 6.92 Å². The van der Waals surface area contributed by atoms with E-state index in [-0.39, 0.29) is 12.5 Å². The predicted molar refractivity (Wildman–Crippen MR) is 69.8 cm³/mol. The van der Waals surface area contributed by atoms with Crippen molar-refractivity contribution in [3.8, 4) is 5.75 Å². The fraction of sp³-hybridized carbons (Fsp3) is 0.462. The van der Waals surface area contributed by atoms with Crippen LogP contribution in [0.5, 0.6) is 5.75 Å². The summed E-state index contributed by atoms with van der Waals surface area (Å²) >= 11 is 0. The summed E-state index contributed by atoms with van der Waals surface area (Å²) in [6, 6.07) is 5.30. The fourth-order valence-corrected chi connectivity index (χ4v) is 1.76. The molecule has 0 radical (unpaired) electrons. The summed E-state index contributed by atoms with van der Waals surface area (Å²) in [5, 5.41) is 8.96. The molecule has 1 aromatic rings. The Morgan fingerprint density at radius 2 is 2.17 bits per heavy atom. The van der Waals surface area contributed by atoms with E-state index in [1.54, 1.807) is 24.1 Å². The molecule has 0 bridgehead atoms. The van der Waals surface area contributed by atoms with Crippen molar-refractivity contribution in [1.29, 1.82) is 0 Å². The maximum absolute atomic E-state index is 12.3. The van der Waals surface area contributed by atoms with E-state index >= 15 is 0 Å². The van der Waals surface area contributed by atoms with Gasteiger partial charge in [-0.1, -0.05) is 0 Å². The molecule has 100 valence electrons. The van der Waals surface area contributed by atoms with Gasteiger partial charge in [0.05, 0.1) is 13.7 Å². The number of methoxy groups -OCH3 is 1. The van der Waals surface area contributed by atoms with Gasteiger partial charge in [-0.25, -0.2) is 0 Å². The first-order valence-corrected chi connectivity index (χ1v) is 5.89. The Morgan fingerprint density at radius 1 is 1.44 bits per heavy atom. The molecule has 18 heavy (non-hydrogen) atoms. The number of amides is 1. The second-order valence-corrected chi connectivity index (χ2v) is 3.99. The van der Waals surface area contributed by atoms with Crippen LogP contribution in [0.25, 0.3) is 0 Å². The van der Waals surface area contributed by atoms with Crippen LogP contribution in [0.15, 0.2) is 18.2 Å². The van der Waals surface area contributed by atoms with Gasteiger partial charge in [0.1, 0.15) is 5.75 Å². The highest BCUT2D eigenvalue weighted by atomic mass is 16.5. The molecule has 5 heteroatoms. The number of rotatable bonds is 6. The van der Waals surface area contributed by atoms with Gasteiger partial charge < -0.3 is 20.5 Å². The maximum Gasteiger partial charge on any atom is 0.254 e. The van der Waals surface area contributed by atoms with Gasteiger partial charge in [-0.05, 0) is 30.7 Å². The van der Waals surface area contributed by atoms with E-state index in [2.05, 4.69) is 0 Å². The lowest BCUT2D eigenvalue weighted by Crippen LogP contribution is -2.37. The summed E-state index contributed by atoms with van der Waals surface area (Å²) in [7, 11) is 1.59. The Balaban J connectivity index is 2.93. The minimum absolute atomic E-state index is 0.0685. The number of hydrogen-bond acceptors (Lipinski definition) is 4. The summed E-state index contributed by atoms with van der Waals surface area (Å²) in [5.74, 6) is 0.603. The molecule has 0 aliphatic carbocycles. The standard InChI is InChI=1S/C13H20N2O3/c1-10-9-11(18-2)3-4-12(10)13(17)15(6-5-14)7-8-16/h3-4,9,16H,5-8,14H2,1-2H3. The molecule has 0 fully saturated rings. The van der Waals surface area contributed by atoms with Gasteiger partial charge in [0.15, 0.2) is 0 Å². The summed E-state index contributed by atoms with van der Waals surface area (Å²) in [6.45, 7) is 2.89. The van der Waals surface area contributed by atoms with E-state index in [4.69, 9.17) is 15.6 Å². The number of hydrogen-bond donors (Lipinski definition) is 2. The minimum Gasteiger partial charge on any atom is -0.497 e. The Kier molecular flexibility index (Phi) is 5.61. The van der Waals surface area contributed by atoms with Crippen molar-refractivity contribution < 1.29 is 14.6 Å². The minimum atomic E-state index is -0.116. The van der Waals surface area contributed by atoms with Crippen LogP contribution in [-0.2, 0) is 0 Å². The van der Waals surface area contributed by atoms with Crippen molar-refractivity contribution in [2.75, 3.05) is 33.4 Å². The highest BCUT2D eigenvalue weighted by Crippen LogP contribution is 2.18. The topological polar surface area (TPSA) is 75.8 Å². The Morgan fingerprint density at radius 3 is 2.67 bits per heavy atom. The molecule has 5 nitrogen and oxygen atoms in total. The zero-order chi connectivity index (χ0) is 13.5. The first-order chi connectivity index (χ1) is 8.63. The van der Waals surface area contributed by atoms with Crippen LogP contribution < -0.4 is 10.5 Å². The predicted octanol–water partition coefficient (Wildman–Crippen LogP) is 0.397. The SMILES string of the molecule is COc1ccc(C(=O)N(CCN)CCO)c(C)c1. The molecular formula is C13H20N2O3. The van der Waals surface area contributed by atoms with Crippen LogP contribution in [-0.4, -0.2) is 49.3 Å². The molecule has 0 spiro atoms. The molecule has 0 saturated heterocycles. The second kappa shape index (κ2) is 6.98. The number of aliphatic hydroxyl groups is 1. The van der Waals surface area contributed by atoms with E-state index in [0.717, 1.165) is 11.3 Å². The first kappa shape index (κ1) is 14.5. The number of ether oxygens (including phenoxy) is 1. The van der Waals surface area contributed by atoms with Crippen molar-refractivity contribution in [3.05, 3.63) is 29.3 Å². The largest absolute Gasteiger partial charge is 0.497 e. The van der Waals surface area contributed by atoms with E-state index in [9.17, 15) is 4.79 Å². The fourth-order valence-electron chi connectivity index (χ4n) is 1.76. The molecule has 0 aliphatic heterocycles. The van der Waals surface area contributed by atoms with Crippen molar-refractivity contribution in [3.63, 3.8) is 0 Å². The van der Waals surface area contributed by atoms with Crippen molar-refractivity contribution in [1.82, 2.24) is 4.90 Å². The summed E-state index contributed by atoms with van der Waals surface area (Å²) in [6.07, 6.45) is 0. The molecule has 1 rings (SSSR count). The molecule has 0 saturated carbocycles. The van der Waals surface area contributed by atoms with Gasteiger partial charge in [-0.15, -0.1) is 0 Å². The number of nitrogens with two attached hydrogens (primary N) is 1. The number of carbonyl (C=O) groups is 1. The summed E-state index contributed by atoms with van der Waals surface area (Å²) in [4.78, 5) is 13.8. The number of aryl methyl sites for hydroxylation is 1. The Hall–Kier alpha value is -1.59. The third-order valence-electron chi connectivity index (χ3n) is 2.72. The van der Waals surface area contributed by atoms with Crippen LogP contribution in [0, 0.1) is 6.92 Å². The Labute approximate surface area is 107 Å². The zero-order valence-corrected chi connectivity index (χ0v) is 10.8. The highest BCUT2D eigenvalue weighted by Gasteiger charge is 2.16. The quantitative estimate of drug-likeness (QED) is 0.768. The van der Waals surface area contributed by atoms with Crippen LogP contribution in [0.3, 0.4) is 0 Å². The van der Waals surface area contributed by atoms with E-state index in [1.165, 1.54) is 0 Å². The van der Waals surface area contributed by atoms with Crippen LogP contribution >= 0.6 is 0 Å². The molecule has 0 atom stereocenters. The van der Waals surface area contributed by atoms with E-state index in [0.29, 0.717) is 25.2 Å². The Bertz CT molecular complexity index is 401. The molecule has 0 unspecified atom stereocenters. The zero-order valence-electron chi connectivity index (χ0n) is 10.8. The molecule has 1 amide bonds. The lowest BCUT2D eigenvalue weighted by molar-refractivity contribution is 0.0726. The number of carbonyl (C=O) groups excluding carboxylic acids is 1. The second-order valence-electron chi connectivity index (χ2n) is 3.99. The molecular weight excluding hydrogens is 232 g/mol. The van der Waals surface area contributed by atoms with Crippen LogP contribution in [0.1, 0.15) is 15.9 Å². The maximum atomic E-state index is 12.3. The molecule has 0 aromatic heterocycles. The molecule has 3 N–H and O–H groups in total. The smallest absolute Gasteiger partial charge is 0.254 e. The molecule has 0 heterocycles. The number of aliphatic hydroxyl groups excluding tert-OH is 1. The summed E-state index contributed by atoms with van der Waals surface area (Å²) < 4.78 is 5.10.